The van der Waals surface area contributed by atoms with E-state index in [0.29, 0.717) is 5.69 Å². The van der Waals surface area contributed by atoms with Crippen LogP contribution in [0.1, 0.15) is 71.7 Å². The van der Waals surface area contributed by atoms with Crippen LogP contribution in [0.15, 0.2) is 42.7 Å². The lowest BCUT2D eigenvalue weighted by Gasteiger charge is -2.43. The molecule has 13 nitrogen and oxygen atoms in total. The molecule has 0 amide bonds. The van der Waals surface area contributed by atoms with Crippen molar-refractivity contribution in [2.75, 3.05) is 6.61 Å². The summed E-state index contributed by atoms with van der Waals surface area (Å²) < 4.78 is 26.2. The van der Waals surface area contributed by atoms with Crippen LogP contribution >= 0.6 is 0 Å². The highest BCUT2D eigenvalue weighted by atomic mass is 16.6. The smallest absolute Gasteiger partial charge is 0.303 e. The van der Waals surface area contributed by atoms with Gasteiger partial charge in [-0.05, 0) is 12.8 Å². The maximum atomic E-state index is 12.1. The van der Waals surface area contributed by atoms with E-state index in [0.717, 1.165) is 43.4 Å². The van der Waals surface area contributed by atoms with Gasteiger partial charge >= 0.3 is 17.9 Å². The molecule has 5 rings (SSSR count). The normalized spacial score (nSPS) is 25.4. The number of aromatic nitrogens is 6. The second-order valence-electron chi connectivity index (χ2n) is 11.0. The predicted octanol–water partition coefficient (Wildman–Crippen LogP) is 3.20. The molecule has 0 N–H and O–H groups in total. The molecule has 2 aromatic heterocycles. The number of ether oxygens (including phenoxy) is 4. The highest BCUT2D eigenvalue weighted by molar-refractivity contribution is 5.68. The van der Waals surface area contributed by atoms with Gasteiger partial charge in [0.2, 0.25) is 0 Å². The Morgan fingerprint density at radius 2 is 1.60 bits per heavy atom. The van der Waals surface area contributed by atoms with Gasteiger partial charge in [-0.2, -0.15) is 0 Å². The molecule has 0 radical (unpaired) electrons. The predicted molar refractivity (Wildman–Crippen MR) is 146 cm³/mol. The lowest BCUT2D eigenvalue weighted by atomic mass is 9.79. The maximum Gasteiger partial charge on any atom is 0.303 e. The van der Waals surface area contributed by atoms with Gasteiger partial charge in [0.15, 0.2) is 12.3 Å². The van der Waals surface area contributed by atoms with Crippen LogP contribution in [-0.4, -0.2) is 72.8 Å². The van der Waals surface area contributed by atoms with E-state index in [-0.39, 0.29) is 6.61 Å². The highest BCUT2D eigenvalue weighted by Crippen LogP contribution is 2.41. The molecule has 224 valence electrons. The average Bonchev–Trinajstić information content (AvgIpc) is 3.66. The number of hydrogen-bond donors (Lipinski definition) is 0. The zero-order valence-electron chi connectivity index (χ0n) is 24.2. The van der Waals surface area contributed by atoms with E-state index in [1.54, 1.807) is 4.68 Å². The Morgan fingerprint density at radius 1 is 0.905 bits per heavy atom. The minimum Gasteiger partial charge on any atom is -0.463 e. The van der Waals surface area contributed by atoms with Gasteiger partial charge < -0.3 is 18.9 Å². The van der Waals surface area contributed by atoms with Crippen molar-refractivity contribution in [1.29, 1.82) is 0 Å². The van der Waals surface area contributed by atoms with Gasteiger partial charge in [-0.15, -0.1) is 10.2 Å². The summed E-state index contributed by atoms with van der Waals surface area (Å²) in [5.41, 5.74) is 1.90. The average molecular weight is 581 g/mol. The van der Waals surface area contributed by atoms with Crippen LogP contribution in [0.5, 0.6) is 0 Å². The number of benzene rings is 1. The van der Waals surface area contributed by atoms with E-state index in [2.05, 4.69) is 20.6 Å². The number of carbonyl (C=O) groups is 3. The highest BCUT2D eigenvalue weighted by Gasteiger charge is 2.50. The molecule has 0 spiro atoms. The number of carbonyl (C=O) groups excluding carboxylic acids is 3. The number of hydrogen-bond acceptors (Lipinski definition) is 11. The van der Waals surface area contributed by atoms with Crippen LogP contribution in [0.3, 0.4) is 0 Å². The number of nitrogens with zero attached hydrogens (tertiary/aromatic N) is 6. The summed E-state index contributed by atoms with van der Waals surface area (Å²) in [4.78, 5) is 35.7. The summed E-state index contributed by atoms with van der Waals surface area (Å²) in [5.74, 6) is -2.15. The fourth-order valence-corrected chi connectivity index (χ4v) is 5.96. The molecule has 1 aliphatic carbocycles. The van der Waals surface area contributed by atoms with Crippen molar-refractivity contribution in [3.63, 3.8) is 0 Å². The van der Waals surface area contributed by atoms with Crippen molar-refractivity contribution < 1.29 is 33.3 Å². The van der Waals surface area contributed by atoms with Gasteiger partial charge in [-0.1, -0.05) is 66.9 Å². The first kappa shape index (κ1) is 29.4. The molecule has 1 aliphatic heterocycles. The zero-order chi connectivity index (χ0) is 29.9. The second-order valence-corrected chi connectivity index (χ2v) is 11.0. The molecule has 2 fully saturated rings. The van der Waals surface area contributed by atoms with Gasteiger partial charge in [0.25, 0.3) is 0 Å². The first-order valence-corrected chi connectivity index (χ1v) is 14.2. The van der Waals surface area contributed by atoms with Crippen LogP contribution in [0, 0.1) is 5.92 Å². The standard InChI is InChI=1S/C29H36N6O7/c1-18-26(40-20(3)37)27(41-21(4)38)24(17-39-19(2)36)42-28(18)34-16-25(31-32-34)29(13-9-6-10-14-29)35-15-23(30-33-35)22-11-7-5-8-12-22/h5,7-8,11-12,15-16,18,24,26-28H,6,9-10,13-14,17H2,1-4H3. The summed E-state index contributed by atoms with van der Waals surface area (Å²) in [6, 6.07) is 9.88. The molecule has 1 saturated carbocycles. The lowest BCUT2D eigenvalue weighted by molar-refractivity contribution is -0.248. The van der Waals surface area contributed by atoms with Crippen LogP contribution in [0.25, 0.3) is 11.3 Å². The summed E-state index contributed by atoms with van der Waals surface area (Å²) >= 11 is 0. The number of rotatable bonds is 8. The molecule has 13 heteroatoms. The first-order valence-electron chi connectivity index (χ1n) is 14.2. The quantitative estimate of drug-likeness (QED) is 0.285. The van der Waals surface area contributed by atoms with Gasteiger partial charge in [0, 0.05) is 32.3 Å². The van der Waals surface area contributed by atoms with Crippen molar-refractivity contribution in [1.82, 2.24) is 30.0 Å². The van der Waals surface area contributed by atoms with Crippen molar-refractivity contribution >= 4 is 17.9 Å². The Labute approximate surface area is 243 Å². The molecule has 3 aromatic rings. The molecule has 0 bridgehead atoms. The third-order valence-corrected chi connectivity index (χ3v) is 7.96. The van der Waals surface area contributed by atoms with Gasteiger partial charge in [-0.3, -0.25) is 14.4 Å². The van der Waals surface area contributed by atoms with Crippen molar-refractivity contribution in [2.24, 2.45) is 5.92 Å². The number of esters is 3. The summed E-state index contributed by atoms with van der Waals surface area (Å²) in [6.45, 7) is 5.42. The van der Waals surface area contributed by atoms with E-state index < -0.39 is 53.9 Å². The third kappa shape index (κ3) is 6.06. The van der Waals surface area contributed by atoms with E-state index in [9.17, 15) is 14.4 Å². The Balaban J connectivity index is 1.48. The largest absolute Gasteiger partial charge is 0.463 e. The van der Waals surface area contributed by atoms with Crippen LogP contribution < -0.4 is 0 Å². The molecule has 5 unspecified atom stereocenters. The van der Waals surface area contributed by atoms with Crippen LogP contribution in [-0.2, 0) is 38.9 Å². The fourth-order valence-electron chi connectivity index (χ4n) is 5.96. The van der Waals surface area contributed by atoms with Crippen molar-refractivity contribution in [3.8, 4) is 11.3 Å². The molecule has 42 heavy (non-hydrogen) atoms. The monoisotopic (exact) mass is 580 g/mol. The van der Waals surface area contributed by atoms with Crippen molar-refractivity contribution in [2.45, 2.75) is 89.9 Å². The maximum absolute atomic E-state index is 12.1. The lowest BCUT2D eigenvalue weighted by Crippen LogP contribution is -2.56. The van der Waals surface area contributed by atoms with Crippen LogP contribution in [0.2, 0.25) is 0 Å². The Bertz CT molecular complexity index is 1400. The summed E-state index contributed by atoms with van der Waals surface area (Å²) in [7, 11) is 0. The molecule has 5 atom stereocenters. The first-order chi connectivity index (χ1) is 20.2. The Hall–Kier alpha value is -4.13. The minimum absolute atomic E-state index is 0.207. The van der Waals surface area contributed by atoms with E-state index in [1.807, 2.05) is 54.3 Å². The van der Waals surface area contributed by atoms with Gasteiger partial charge in [-0.25, -0.2) is 9.36 Å². The summed E-state index contributed by atoms with van der Waals surface area (Å²) in [5, 5.41) is 18.1. The second kappa shape index (κ2) is 12.4. The summed E-state index contributed by atoms with van der Waals surface area (Å²) in [6.07, 6.45) is 4.95. The third-order valence-electron chi connectivity index (χ3n) is 7.96. The molecule has 1 saturated heterocycles. The van der Waals surface area contributed by atoms with E-state index in [1.165, 1.54) is 20.8 Å². The van der Waals surface area contributed by atoms with Gasteiger partial charge in [0.05, 0.1) is 12.4 Å². The van der Waals surface area contributed by atoms with E-state index >= 15 is 0 Å². The Kier molecular flexibility index (Phi) is 8.66. The molecule has 3 heterocycles. The van der Waals surface area contributed by atoms with Crippen LogP contribution in [0.4, 0.5) is 0 Å². The van der Waals surface area contributed by atoms with Gasteiger partial charge in [0.1, 0.15) is 35.7 Å². The Morgan fingerprint density at radius 3 is 2.26 bits per heavy atom. The molecule has 1 aromatic carbocycles. The fraction of sp³-hybridized carbons (Fsp3) is 0.552. The topological polar surface area (TPSA) is 150 Å². The molecule has 2 aliphatic rings. The van der Waals surface area contributed by atoms with E-state index in [4.69, 9.17) is 18.9 Å². The molecular formula is C29H36N6O7. The minimum atomic E-state index is -0.990. The zero-order valence-corrected chi connectivity index (χ0v) is 24.2. The van der Waals surface area contributed by atoms with Crippen molar-refractivity contribution in [3.05, 3.63) is 48.4 Å². The molecular weight excluding hydrogens is 544 g/mol. The SMILES string of the molecule is CC(=O)OCC1OC(n2cc(C3(n4cc(-c5ccccc5)nn4)CCCCC3)nn2)C(C)C(OC(C)=O)C1OC(C)=O.